The summed E-state index contributed by atoms with van der Waals surface area (Å²) >= 11 is 0. The lowest BCUT2D eigenvalue weighted by atomic mass is 9.59. The van der Waals surface area contributed by atoms with Crippen LogP contribution in [0.1, 0.15) is 118 Å². The van der Waals surface area contributed by atoms with Gasteiger partial charge in [-0.25, -0.2) is 13.1 Å². The number of nitrogens with one attached hydrogen (secondary N) is 3. The summed E-state index contributed by atoms with van der Waals surface area (Å²) < 4.78 is 54.2. The molecule has 5 aromatic rings. The minimum Gasteiger partial charge on any atom is -0.489 e. The number of aromatic nitrogens is 2. The summed E-state index contributed by atoms with van der Waals surface area (Å²) in [6.45, 7) is 9.68. The van der Waals surface area contributed by atoms with Gasteiger partial charge in [-0.2, -0.15) is 4.98 Å². The molecule has 5 aliphatic rings. The van der Waals surface area contributed by atoms with Crippen LogP contribution >= 0.6 is 0 Å². The molecule has 2 aromatic heterocycles. The first-order valence-corrected chi connectivity index (χ1v) is 26.6. The van der Waals surface area contributed by atoms with Gasteiger partial charge in [0.15, 0.2) is 17.2 Å². The van der Waals surface area contributed by atoms with E-state index in [9.17, 15) is 28.4 Å². The lowest BCUT2D eigenvalue weighted by Gasteiger charge is -2.56. The van der Waals surface area contributed by atoms with Gasteiger partial charge in [0.05, 0.1) is 33.6 Å². The molecule has 1 amide bonds. The van der Waals surface area contributed by atoms with Crippen LogP contribution in [0.2, 0.25) is 0 Å². The molecule has 17 nitrogen and oxygen atoms in total. The smallest absolute Gasteiger partial charge is 0.297 e. The quantitative estimate of drug-likeness (QED) is 0.0438. The monoisotopic (exact) mass is 991 g/mol. The number of aliphatic hydroxyl groups is 1. The highest BCUT2D eigenvalue weighted by Gasteiger charge is 2.50. The number of pyridine rings is 1. The Morgan fingerprint density at radius 2 is 1.77 bits per heavy atom. The summed E-state index contributed by atoms with van der Waals surface area (Å²) in [5.74, 6) is -0.0484. The lowest BCUT2D eigenvalue weighted by molar-refractivity contribution is -0.384. The molecular weight excluding hydrogens is 927 g/mol. The Balaban J connectivity index is 0.889. The summed E-state index contributed by atoms with van der Waals surface area (Å²) in [6, 6.07) is 20.5. The fourth-order valence-corrected chi connectivity index (χ4v) is 12.9. The van der Waals surface area contributed by atoms with Crippen LogP contribution in [0.3, 0.4) is 0 Å². The van der Waals surface area contributed by atoms with E-state index in [0.717, 1.165) is 49.6 Å². The maximum Gasteiger partial charge on any atom is 0.297 e. The molecule has 3 aromatic carbocycles. The van der Waals surface area contributed by atoms with E-state index in [0.29, 0.717) is 49.3 Å². The summed E-state index contributed by atoms with van der Waals surface area (Å²) in [7, 11) is -3.16. The van der Waals surface area contributed by atoms with E-state index >= 15 is 0 Å². The number of nitro groups is 1. The first-order chi connectivity index (χ1) is 34.1. The summed E-state index contributed by atoms with van der Waals surface area (Å²) in [5, 5.41) is 26.9. The van der Waals surface area contributed by atoms with Crippen LogP contribution in [0.4, 0.5) is 17.1 Å². The number of ether oxygens (including phenoxy) is 4. The van der Waals surface area contributed by atoms with E-state index in [1.807, 2.05) is 6.07 Å². The Labute approximate surface area is 414 Å². The third-order valence-electron chi connectivity index (χ3n) is 15.9. The fraction of sp³-hybridized carbons (Fsp3) is 0.509. The Hall–Kier alpha value is -5.95. The number of hydrogen-bond acceptors (Lipinski definition) is 14. The maximum atomic E-state index is 14.4. The third-order valence-corrected chi connectivity index (χ3v) is 17.2. The number of methoxy groups -OCH3 is 1. The first-order valence-electron chi connectivity index (χ1n) is 25.1. The molecule has 378 valence electrons. The summed E-state index contributed by atoms with van der Waals surface area (Å²) in [5.41, 5.74) is 3.27. The maximum absolute atomic E-state index is 14.4. The molecule has 2 atom stereocenters. The Morgan fingerprint density at radius 1 is 1.00 bits per heavy atom. The zero-order valence-electron chi connectivity index (χ0n) is 40.9. The molecule has 3 aliphatic heterocycles. The molecular formula is C53H65N7O10S. The van der Waals surface area contributed by atoms with Gasteiger partial charge in [-0.1, -0.05) is 38.1 Å². The van der Waals surface area contributed by atoms with E-state index in [1.165, 1.54) is 42.9 Å². The molecule has 2 saturated carbocycles. The van der Waals surface area contributed by atoms with Crippen LogP contribution in [-0.2, 0) is 14.8 Å². The number of anilines is 2. The lowest BCUT2D eigenvalue weighted by Crippen LogP contribution is -2.54. The Morgan fingerprint density at radius 3 is 2.52 bits per heavy atom. The van der Waals surface area contributed by atoms with Gasteiger partial charge in [-0.05, 0) is 130 Å². The fourth-order valence-electron chi connectivity index (χ4n) is 11.9. The van der Waals surface area contributed by atoms with Gasteiger partial charge >= 0.3 is 0 Å². The molecule has 4 fully saturated rings. The first kappa shape index (κ1) is 48.7. The number of nitrogens with zero attached hydrogens (tertiary/aromatic N) is 4. The van der Waals surface area contributed by atoms with Crippen molar-refractivity contribution >= 4 is 44.0 Å². The number of amides is 1. The molecule has 4 N–H and O–H groups in total. The second-order valence-corrected chi connectivity index (χ2v) is 22.6. The standard InChI is InChI=1S/C53H65N7O10S/c1-33(2)39-8-5-6-9-40(39)43-10-7-21-59(43)37-30-53(31-37)18-22-58(23-19-53)36-11-12-41(45(27-36)70-47-26-35-15-20-54-49(35)56-51(47)68-25-24-67-4)50(61)57-71(65,66)38-28-44(60(63)64)48-46(29-38)69-32-42(55-48)34-13-16-52(3,62)17-14-34/h5-6,8-9,11-12,15,20,26-29,33-34,37,42-43,55,62H,7,10,13-14,16-19,21-25,30-32H2,1-4H3,(H,54,56)(H,57,61)/t34-,42-,43+,52-/m1/s1. The van der Waals surface area contributed by atoms with Crippen LogP contribution < -0.4 is 29.1 Å². The minimum atomic E-state index is -4.72. The van der Waals surface area contributed by atoms with Crippen LogP contribution in [0, 0.1) is 21.4 Å². The molecule has 1 spiro atoms. The van der Waals surface area contributed by atoms with E-state index in [-0.39, 0.29) is 71.6 Å². The number of fused-ring (bicyclic) bond motifs is 2. The third kappa shape index (κ3) is 10.00. The van der Waals surface area contributed by atoms with Crippen molar-refractivity contribution in [1.29, 1.82) is 0 Å². The molecule has 71 heavy (non-hydrogen) atoms. The highest BCUT2D eigenvalue weighted by molar-refractivity contribution is 7.90. The van der Waals surface area contributed by atoms with Gasteiger partial charge in [0.1, 0.15) is 24.6 Å². The highest BCUT2D eigenvalue weighted by atomic mass is 32.2. The predicted molar refractivity (Wildman–Crippen MR) is 269 cm³/mol. The summed E-state index contributed by atoms with van der Waals surface area (Å²) in [6.07, 6.45) is 11.1. The number of carbonyl (C=O) groups is 1. The van der Waals surface area contributed by atoms with Crippen LogP contribution in [0.15, 0.2) is 77.8 Å². The van der Waals surface area contributed by atoms with Crippen molar-refractivity contribution in [1.82, 2.24) is 19.6 Å². The SMILES string of the molecule is COCCOc1nc2[nH]ccc2cc1Oc1cc(N2CCC3(CC2)CC(N2CCC[C@H]2c2ccccc2C(C)C)C3)ccc1C(=O)NS(=O)(=O)c1cc2c(c([N+](=O)[O-])c1)N[C@@H]([C@H]1CC[C@](C)(O)CC1)CO2. The van der Waals surface area contributed by atoms with Crippen molar-refractivity contribution < 1.29 is 42.2 Å². The van der Waals surface area contributed by atoms with Gasteiger partial charge in [-0.15, -0.1) is 0 Å². The van der Waals surface area contributed by atoms with E-state index in [4.69, 9.17) is 18.9 Å². The van der Waals surface area contributed by atoms with Gasteiger partial charge in [0.25, 0.3) is 27.5 Å². The van der Waals surface area contributed by atoms with Gasteiger partial charge in [0, 0.05) is 67.8 Å². The Bertz CT molecular complexity index is 2900. The van der Waals surface area contributed by atoms with E-state index in [2.05, 4.69) is 67.9 Å². The van der Waals surface area contributed by atoms with Gasteiger partial charge < -0.3 is 39.3 Å². The number of benzene rings is 3. The molecule has 2 aliphatic carbocycles. The van der Waals surface area contributed by atoms with Gasteiger partial charge in [0.2, 0.25) is 0 Å². The molecule has 18 heteroatoms. The molecule has 2 saturated heterocycles. The summed E-state index contributed by atoms with van der Waals surface area (Å²) in [4.78, 5) is 38.4. The molecule has 0 radical (unpaired) electrons. The normalized spacial score (nSPS) is 23.5. The second-order valence-electron chi connectivity index (χ2n) is 21.0. The number of H-pyrrole nitrogens is 1. The van der Waals surface area contributed by atoms with E-state index in [1.54, 1.807) is 44.5 Å². The number of hydrogen-bond donors (Lipinski definition) is 4. The largest absolute Gasteiger partial charge is 0.489 e. The van der Waals surface area contributed by atoms with Crippen molar-refractivity contribution in [2.45, 2.75) is 120 Å². The minimum absolute atomic E-state index is 0.0125. The number of carbonyl (C=O) groups excluding carboxylic acids is 1. The van der Waals surface area contributed by atoms with Crippen molar-refractivity contribution in [3.8, 4) is 23.1 Å². The number of nitro benzene ring substituents is 1. The van der Waals surface area contributed by atoms with Crippen LogP contribution in [-0.4, -0.2) is 103 Å². The van der Waals surface area contributed by atoms with Crippen molar-refractivity contribution in [3.05, 3.63) is 99.7 Å². The topological polar surface area (TPSA) is 211 Å². The highest BCUT2D eigenvalue weighted by Crippen LogP contribution is 2.54. The molecule has 10 rings (SSSR count). The molecule has 0 bridgehead atoms. The van der Waals surface area contributed by atoms with Crippen molar-refractivity contribution in [2.24, 2.45) is 11.3 Å². The number of piperidine rings is 1. The number of likely N-dealkylation sites (tertiary alicyclic amines) is 1. The van der Waals surface area contributed by atoms with Crippen LogP contribution in [0.5, 0.6) is 23.1 Å². The molecule has 5 heterocycles. The average Bonchev–Trinajstić information content (AvgIpc) is 4.02. The zero-order valence-corrected chi connectivity index (χ0v) is 41.8. The van der Waals surface area contributed by atoms with E-state index < -0.39 is 37.0 Å². The zero-order chi connectivity index (χ0) is 49.7. The van der Waals surface area contributed by atoms with Crippen molar-refractivity contribution in [3.63, 3.8) is 0 Å². The number of sulfonamides is 1. The Kier molecular flexibility index (Phi) is 13.4. The van der Waals surface area contributed by atoms with Crippen molar-refractivity contribution in [2.75, 3.05) is 56.8 Å². The number of rotatable bonds is 15. The van der Waals surface area contributed by atoms with Gasteiger partial charge in [-0.3, -0.25) is 19.8 Å². The molecule has 0 unspecified atom stereocenters. The number of aromatic amines is 1. The second kappa shape index (κ2) is 19.6. The van der Waals surface area contributed by atoms with Crippen LogP contribution in [0.25, 0.3) is 11.0 Å². The predicted octanol–water partition coefficient (Wildman–Crippen LogP) is 9.23. The average molecular weight is 992 g/mol.